The molecule has 1 saturated heterocycles. The molecule has 0 radical (unpaired) electrons. The molecule has 0 amide bonds. The first-order chi connectivity index (χ1) is 9.72. The molecule has 0 N–H and O–H groups in total. The van der Waals surface area contributed by atoms with E-state index in [-0.39, 0.29) is 5.28 Å². The monoisotopic (exact) mass is 298 g/mol. The molecule has 6 heteroatoms. The zero-order valence-corrected chi connectivity index (χ0v) is 13.1. The molecule has 5 nitrogen and oxygen atoms in total. The second-order valence-corrected chi connectivity index (χ2v) is 5.53. The van der Waals surface area contributed by atoms with Crippen molar-refractivity contribution in [1.82, 2.24) is 15.0 Å². The summed E-state index contributed by atoms with van der Waals surface area (Å²) < 4.78 is 5.34. The zero-order chi connectivity index (χ0) is 14.4. The molecule has 0 aliphatic carbocycles. The third-order valence-corrected chi connectivity index (χ3v) is 3.85. The van der Waals surface area contributed by atoms with Gasteiger partial charge in [-0.15, -0.1) is 0 Å². The Bertz CT molecular complexity index is 430. The topological polar surface area (TPSA) is 51.1 Å². The van der Waals surface area contributed by atoms with E-state index in [2.05, 4.69) is 26.8 Å². The third-order valence-electron chi connectivity index (χ3n) is 3.68. The molecule has 1 aromatic heterocycles. The van der Waals surface area contributed by atoms with Gasteiger partial charge in [-0.25, -0.2) is 0 Å². The van der Waals surface area contributed by atoms with E-state index in [0.717, 1.165) is 19.0 Å². The summed E-state index contributed by atoms with van der Waals surface area (Å²) >= 11 is 5.96. The summed E-state index contributed by atoms with van der Waals surface area (Å²) in [4.78, 5) is 14.8. The van der Waals surface area contributed by atoms with Crippen molar-refractivity contribution in [3.05, 3.63) is 5.28 Å². The Morgan fingerprint density at radius 2 is 2.05 bits per heavy atom. The van der Waals surface area contributed by atoms with Gasteiger partial charge in [0.1, 0.15) is 0 Å². The summed E-state index contributed by atoms with van der Waals surface area (Å²) in [7, 11) is 0. The van der Waals surface area contributed by atoms with Crippen LogP contribution in [0.5, 0.6) is 6.01 Å². The predicted octanol–water partition coefficient (Wildman–Crippen LogP) is 3.33. The SMILES string of the molecule is CCCC1CCCN(c2nc(Cl)nc(OCC)n2)CC1. The van der Waals surface area contributed by atoms with Crippen LogP contribution in [0.4, 0.5) is 5.95 Å². The zero-order valence-electron chi connectivity index (χ0n) is 12.3. The fraction of sp³-hybridized carbons (Fsp3) is 0.786. The van der Waals surface area contributed by atoms with Crippen molar-refractivity contribution < 1.29 is 4.74 Å². The summed E-state index contributed by atoms with van der Waals surface area (Å²) in [5.41, 5.74) is 0. The number of ether oxygens (including phenoxy) is 1. The van der Waals surface area contributed by atoms with Crippen molar-refractivity contribution in [2.24, 2.45) is 5.92 Å². The molecule has 0 aromatic carbocycles. The Hall–Kier alpha value is -1.10. The molecule has 0 saturated carbocycles. The van der Waals surface area contributed by atoms with Crippen LogP contribution in [0.15, 0.2) is 0 Å². The van der Waals surface area contributed by atoms with E-state index in [9.17, 15) is 0 Å². The highest BCUT2D eigenvalue weighted by atomic mass is 35.5. The second kappa shape index (κ2) is 7.62. The first-order valence-electron chi connectivity index (χ1n) is 7.52. The van der Waals surface area contributed by atoms with Crippen molar-refractivity contribution in [2.75, 3.05) is 24.6 Å². The number of anilines is 1. The minimum atomic E-state index is 0.202. The fourth-order valence-corrected chi connectivity index (χ4v) is 2.87. The summed E-state index contributed by atoms with van der Waals surface area (Å²) in [6.45, 7) is 6.64. The lowest BCUT2D eigenvalue weighted by Gasteiger charge is -2.20. The standard InChI is InChI=1S/C14H23ClN4O/c1-3-6-11-7-5-9-19(10-8-11)13-16-12(15)17-14(18-13)20-4-2/h11H,3-10H2,1-2H3. The van der Waals surface area contributed by atoms with Gasteiger partial charge in [-0.2, -0.15) is 15.0 Å². The van der Waals surface area contributed by atoms with Crippen LogP contribution in [-0.2, 0) is 0 Å². The molecule has 1 atom stereocenters. The summed E-state index contributed by atoms with van der Waals surface area (Å²) in [6, 6.07) is 0.317. The van der Waals surface area contributed by atoms with E-state index in [4.69, 9.17) is 16.3 Å². The van der Waals surface area contributed by atoms with Gasteiger partial charge in [-0.05, 0) is 43.7 Å². The van der Waals surface area contributed by atoms with Gasteiger partial charge in [0, 0.05) is 13.1 Å². The van der Waals surface area contributed by atoms with Crippen LogP contribution in [0.3, 0.4) is 0 Å². The fourth-order valence-electron chi connectivity index (χ4n) is 2.72. The van der Waals surface area contributed by atoms with Crippen LogP contribution in [-0.4, -0.2) is 34.6 Å². The number of nitrogens with zero attached hydrogens (tertiary/aromatic N) is 4. The highest BCUT2D eigenvalue weighted by Gasteiger charge is 2.19. The van der Waals surface area contributed by atoms with Gasteiger partial charge in [-0.3, -0.25) is 0 Å². The smallest absolute Gasteiger partial charge is 0.322 e. The van der Waals surface area contributed by atoms with Gasteiger partial charge < -0.3 is 9.64 Å². The average molecular weight is 299 g/mol. The third kappa shape index (κ3) is 4.20. The minimum absolute atomic E-state index is 0.202. The van der Waals surface area contributed by atoms with Crippen LogP contribution in [0, 0.1) is 5.92 Å². The molecule has 0 bridgehead atoms. The van der Waals surface area contributed by atoms with Gasteiger partial charge in [0.25, 0.3) is 0 Å². The molecule has 112 valence electrons. The lowest BCUT2D eigenvalue weighted by atomic mass is 9.96. The highest BCUT2D eigenvalue weighted by molar-refractivity contribution is 6.28. The maximum Gasteiger partial charge on any atom is 0.322 e. The van der Waals surface area contributed by atoms with Gasteiger partial charge in [0.15, 0.2) is 0 Å². The number of aromatic nitrogens is 3. The lowest BCUT2D eigenvalue weighted by molar-refractivity contribution is 0.311. The van der Waals surface area contributed by atoms with E-state index in [1.165, 1.54) is 32.1 Å². The predicted molar refractivity (Wildman–Crippen MR) is 80.5 cm³/mol. The number of hydrogen-bond acceptors (Lipinski definition) is 5. The minimum Gasteiger partial charge on any atom is -0.464 e. The Labute approximate surface area is 125 Å². The van der Waals surface area contributed by atoms with E-state index in [1.807, 2.05) is 6.92 Å². The molecule has 1 aromatic rings. The molecule has 20 heavy (non-hydrogen) atoms. The quantitative estimate of drug-likeness (QED) is 0.834. The molecule has 2 heterocycles. The van der Waals surface area contributed by atoms with Gasteiger partial charge in [0.05, 0.1) is 6.61 Å². The van der Waals surface area contributed by atoms with Crippen LogP contribution < -0.4 is 9.64 Å². The molecule has 1 fully saturated rings. The Kier molecular flexibility index (Phi) is 5.83. The molecule has 1 aliphatic heterocycles. The first kappa shape index (κ1) is 15.3. The van der Waals surface area contributed by atoms with Crippen molar-refractivity contribution in [3.8, 4) is 6.01 Å². The highest BCUT2D eigenvalue weighted by Crippen LogP contribution is 2.24. The van der Waals surface area contributed by atoms with E-state index >= 15 is 0 Å². The summed E-state index contributed by atoms with van der Waals surface area (Å²) in [5.74, 6) is 1.47. The Morgan fingerprint density at radius 1 is 1.20 bits per heavy atom. The largest absolute Gasteiger partial charge is 0.464 e. The van der Waals surface area contributed by atoms with Crippen LogP contribution in [0.2, 0.25) is 5.28 Å². The number of hydrogen-bond donors (Lipinski definition) is 0. The molecule has 1 aliphatic rings. The Morgan fingerprint density at radius 3 is 2.80 bits per heavy atom. The Balaban J connectivity index is 2.07. The van der Waals surface area contributed by atoms with E-state index in [1.54, 1.807) is 0 Å². The summed E-state index contributed by atoms with van der Waals surface area (Å²) in [5, 5.41) is 0.202. The number of rotatable bonds is 5. The first-order valence-corrected chi connectivity index (χ1v) is 7.90. The molecule has 1 unspecified atom stereocenters. The molecule has 0 spiro atoms. The molecular weight excluding hydrogens is 276 g/mol. The van der Waals surface area contributed by atoms with Crippen molar-refractivity contribution in [2.45, 2.75) is 46.0 Å². The lowest BCUT2D eigenvalue weighted by Crippen LogP contribution is -2.26. The van der Waals surface area contributed by atoms with E-state index in [0.29, 0.717) is 18.6 Å². The molecular formula is C14H23ClN4O. The van der Waals surface area contributed by atoms with Gasteiger partial charge >= 0.3 is 6.01 Å². The van der Waals surface area contributed by atoms with Gasteiger partial charge in [-0.1, -0.05) is 19.8 Å². The van der Waals surface area contributed by atoms with Crippen molar-refractivity contribution in [3.63, 3.8) is 0 Å². The normalized spacial score (nSPS) is 19.8. The number of halogens is 1. The maximum atomic E-state index is 5.96. The van der Waals surface area contributed by atoms with Gasteiger partial charge in [0.2, 0.25) is 11.2 Å². The van der Waals surface area contributed by atoms with Crippen molar-refractivity contribution in [1.29, 1.82) is 0 Å². The molecule has 2 rings (SSSR count). The second-order valence-electron chi connectivity index (χ2n) is 5.19. The maximum absolute atomic E-state index is 5.96. The van der Waals surface area contributed by atoms with Crippen LogP contribution in [0.1, 0.15) is 46.0 Å². The summed E-state index contributed by atoms with van der Waals surface area (Å²) in [6.07, 6.45) is 6.24. The van der Waals surface area contributed by atoms with Crippen molar-refractivity contribution >= 4 is 17.5 Å². The van der Waals surface area contributed by atoms with E-state index < -0.39 is 0 Å². The van der Waals surface area contributed by atoms with Crippen LogP contribution in [0.25, 0.3) is 0 Å². The van der Waals surface area contributed by atoms with Crippen LogP contribution >= 0.6 is 11.6 Å². The average Bonchev–Trinajstić information content (AvgIpc) is 2.65.